The van der Waals surface area contributed by atoms with Gasteiger partial charge in [-0.05, 0) is 31.4 Å². The van der Waals surface area contributed by atoms with Gasteiger partial charge >= 0.3 is 0 Å². The molecule has 18 heavy (non-hydrogen) atoms. The minimum Gasteiger partial charge on any atom is -0.507 e. The van der Waals surface area contributed by atoms with E-state index < -0.39 is 5.54 Å². The van der Waals surface area contributed by atoms with E-state index in [-0.39, 0.29) is 23.1 Å². The number of carbonyl (C=O) groups is 1. The molecule has 0 fully saturated rings. The highest BCUT2D eigenvalue weighted by molar-refractivity contribution is 5.97. The van der Waals surface area contributed by atoms with Crippen LogP contribution in [0.15, 0.2) is 18.2 Å². The predicted octanol–water partition coefficient (Wildman–Crippen LogP) is 1.80. The first kappa shape index (κ1) is 14.5. The van der Waals surface area contributed by atoms with Gasteiger partial charge in [-0.15, -0.1) is 0 Å². The Bertz CT molecular complexity index is 443. The van der Waals surface area contributed by atoms with Crippen LogP contribution in [0.4, 0.5) is 0 Å². The van der Waals surface area contributed by atoms with Crippen molar-refractivity contribution < 1.29 is 9.90 Å². The van der Waals surface area contributed by atoms with Crippen LogP contribution in [0.1, 0.15) is 36.7 Å². The van der Waals surface area contributed by atoms with Crippen molar-refractivity contribution in [2.45, 2.75) is 33.2 Å². The second kappa shape index (κ2) is 5.40. The van der Waals surface area contributed by atoms with E-state index >= 15 is 0 Å². The fourth-order valence-electron chi connectivity index (χ4n) is 1.60. The number of nitrogens with two attached hydrogens (primary N) is 1. The third kappa shape index (κ3) is 2.82. The molecule has 0 aliphatic rings. The zero-order valence-electron chi connectivity index (χ0n) is 11.4. The fraction of sp³-hybridized carbons (Fsp3) is 0.500. The number of phenolic OH excluding ortho intramolecular Hbond substituents is 1. The first-order chi connectivity index (χ1) is 8.31. The molecule has 0 aromatic heterocycles. The topological polar surface area (TPSA) is 75.4 Å². The second-order valence-corrected chi connectivity index (χ2v) is 5.20. The number of para-hydroxylation sites is 1. The summed E-state index contributed by atoms with van der Waals surface area (Å²) in [5, 5.41) is 12.8. The quantitative estimate of drug-likeness (QED) is 0.762. The molecule has 0 heterocycles. The number of aryl methyl sites for hydroxylation is 1. The van der Waals surface area contributed by atoms with Gasteiger partial charge in [0.2, 0.25) is 0 Å². The van der Waals surface area contributed by atoms with Gasteiger partial charge in [-0.25, -0.2) is 0 Å². The Labute approximate surface area is 108 Å². The Morgan fingerprint density at radius 3 is 2.61 bits per heavy atom. The van der Waals surface area contributed by atoms with Crippen molar-refractivity contribution in [2.75, 3.05) is 6.54 Å². The lowest BCUT2D eigenvalue weighted by molar-refractivity contribution is 0.0880. The molecule has 1 rings (SSSR count). The standard InChI is InChI=1S/C14H22N2O2/c1-9(2)14(4,8-15)16-13(18)11-7-5-6-10(3)12(11)17/h5-7,9,17H,8,15H2,1-4H3,(H,16,18). The van der Waals surface area contributed by atoms with Crippen LogP contribution >= 0.6 is 0 Å². The van der Waals surface area contributed by atoms with Crippen LogP contribution in [0.2, 0.25) is 0 Å². The largest absolute Gasteiger partial charge is 0.507 e. The summed E-state index contributed by atoms with van der Waals surface area (Å²) >= 11 is 0. The van der Waals surface area contributed by atoms with Crippen molar-refractivity contribution in [3.8, 4) is 5.75 Å². The van der Waals surface area contributed by atoms with E-state index in [1.165, 1.54) is 0 Å². The zero-order chi connectivity index (χ0) is 13.9. The van der Waals surface area contributed by atoms with Gasteiger partial charge in [-0.1, -0.05) is 26.0 Å². The van der Waals surface area contributed by atoms with Gasteiger partial charge in [-0.2, -0.15) is 0 Å². The van der Waals surface area contributed by atoms with Crippen molar-refractivity contribution in [3.63, 3.8) is 0 Å². The molecule has 100 valence electrons. The molecule has 0 bridgehead atoms. The summed E-state index contributed by atoms with van der Waals surface area (Å²) in [4.78, 5) is 12.2. The van der Waals surface area contributed by atoms with Crippen molar-refractivity contribution in [2.24, 2.45) is 11.7 Å². The summed E-state index contributed by atoms with van der Waals surface area (Å²) in [5.74, 6) is -0.0608. The smallest absolute Gasteiger partial charge is 0.255 e. The summed E-state index contributed by atoms with van der Waals surface area (Å²) in [5.41, 5.74) is 6.22. The lowest BCUT2D eigenvalue weighted by Gasteiger charge is -2.33. The van der Waals surface area contributed by atoms with E-state index in [4.69, 9.17) is 5.73 Å². The maximum absolute atomic E-state index is 12.2. The minimum atomic E-state index is -0.479. The van der Waals surface area contributed by atoms with E-state index in [1.54, 1.807) is 25.1 Å². The van der Waals surface area contributed by atoms with Gasteiger partial charge in [0.1, 0.15) is 5.75 Å². The van der Waals surface area contributed by atoms with Crippen LogP contribution < -0.4 is 11.1 Å². The minimum absolute atomic E-state index is 0.0260. The number of phenols is 1. The van der Waals surface area contributed by atoms with Gasteiger partial charge in [-0.3, -0.25) is 4.79 Å². The fourth-order valence-corrected chi connectivity index (χ4v) is 1.60. The first-order valence-corrected chi connectivity index (χ1v) is 6.13. The zero-order valence-corrected chi connectivity index (χ0v) is 11.4. The Morgan fingerprint density at radius 2 is 2.11 bits per heavy atom. The summed E-state index contributed by atoms with van der Waals surface area (Å²) in [6, 6.07) is 5.12. The molecule has 1 unspecified atom stereocenters. The van der Waals surface area contributed by atoms with Crippen molar-refractivity contribution in [1.82, 2.24) is 5.32 Å². The number of carbonyl (C=O) groups excluding carboxylic acids is 1. The number of amides is 1. The molecule has 1 aromatic carbocycles. The summed E-state index contributed by atoms with van der Waals surface area (Å²) in [7, 11) is 0. The van der Waals surface area contributed by atoms with E-state index in [0.29, 0.717) is 12.1 Å². The van der Waals surface area contributed by atoms with Gasteiger partial charge in [0.25, 0.3) is 5.91 Å². The van der Waals surface area contributed by atoms with Crippen LogP contribution in [0.3, 0.4) is 0 Å². The number of hydrogen-bond donors (Lipinski definition) is 3. The molecule has 0 radical (unpaired) electrons. The highest BCUT2D eigenvalue weighted by atomic mass is 16.3. The van der Waals surface area contributed by atoms with Crippen LogP contribution in [-0.2, 0) is 0 Å². The highest BCUT2D eigenvalue weighted by Gasteiger charge is 2.29. The van der Waals surface area contributed by atoms with E-state index in [9.17, 15) is 9.90 Å². The third-order valence-electron chi connectivity index (χ3n) is 3.58. The molecule has 1 atom stereocenters. The van der Waals surface area contributed by atoms with Crippen molar-refractivity contribution >= 4 is 5.91 Å². The van der Waals surface area contributed by atoms with Crippen LogP contribution in [0, 0.1) is 12.8 Å². The first-order valence-electron chi connectivity index (χ1n) is 6.13. The molecule has 1 aromatic rings. The maximum atomic E-state index is 12.2. The number of rotatable bonds is 4. The molecule has 0 aliphatic heterocycles. The Kier molecular flexibility index (Phi) is 4.35. The Morgan fingerprint density at radius 1 is 1.50 bits per heavy atom. The summed E-state index contributed by atoms with van der Waals surface area (Å²) in [6.45, 7) is 8.02. The van der Waals surface area contributed by atoms with Crippen LogP contribution in [-0.4, -0.2) is 23.1 Å². The maximum Gasteiger partial charge on any atom is 0.255 e. The Hall–Kier alpha value is -1.55. The van der Waals surface area contributed by atoms with E-state index in [2.05, 4.69) is 5.32 Å². The number of benzene rings is 1. The summed E-state index contributed by atoms with van der Waals surface area (Å²) < 4.78 is 0. The van der Waals surface area contributed by atoms with Crippen LogP contribution in [0.25, 0.3) is 0 Å². The van der Waals surface area contributed by atoms with E-state index in [0.717, 1.165) is 0 Å². The van der Waals surface area contributed by atoms with Crippen molar-refractivity contribution in [3.05, 3.63) is 29.3 Å². The SMILES string of the molecule is Cc1cccc(C(=O)NC(C)(CN)C(C)C)c1O. The number of nitrogens with one attached hydrogen (secondary N) is 1. The van der Waals surface area contributed by atoms with Crippen molar-refractivity contribution in [1.29, 1.82) is 0 Å². The molecule has 0 saturated heterocycles. The molecule has 0 spiro atoms. The number of hydrogen-bond acceptors (Lipinski definition) is 3. The molecular weight excluding hydrogens is 228 g/mol. The lowest BCUT2D eigenvalue weighted by Crippen LogP contribution is -2.55. The second-order valence-electron chi connectivity index (χ2n) is 5.20. The average molecular weight is 250 g/mol. The van der Waals surface area contributed by atoms with Gasteiger partial charge in [0.15, 0.2) is 0 Å². The molecule has 4 heteroatoms. The molecule has 0 saturated carbocycles. The normalized spacial score (nSPS) is 14.3. The molecule has 4 N–H and O–H groups in total. The van der Waals surface area contributed by atoms with Gasteiger partial charge < -0.3 is 16.2 Å². The monoisotopic (exact) mass is 250 g/mol. The lowest BCUT2D eigenvalue weighted by atomic mass is 9.88. The average Bonchev–Trinajstić information content (AvgIpc) is 2.32. The predicted molar refractivity (Wildman–Crippen MR) is 72.6 cm³/mol. The summed E-state index contributed by atoms with van der Waals surface area (Å²) in [6.07, 6.45) is 0. The van der Waals surface area contributed by atoms with E-state index in [1.807, 2.05) is 20.8 Å². The third-order valence-corrected chi connectivity index (χ3v) is 3.58. The van der Waals surface area contributed by atoms with Crippen LogP contribution in [0.5, 0.6) is 5.75 Å². The molecule has 1 amide bonds. The van der Waals surface area contributed by atoms with Gasteiger partial charge in [0.05, 0.1) is 11.1 Å². The highest BCUT2D eigenvalue weighted by Crippen LogP contribution is 2.23. The molecule has 4 nitrogen and oxygen atoms in total. The number of aromatic hydroxyl groups is 1. The Balaban J connectivity index is 2.99. The molecular formula is C14H22N2O2. The van der Waals surface area contributed by atoms with Gasteiger partial charge in [0, 0.05) is 6.54 Å². The molecule has 0 aliphatic carbocycles.